The molecule has 8 heteroatoms. The molecule has 0 spiro atoms. The Balaban J connectivity index is 0.00000338. The van der Waals surface area contributed by atoms with Gasteiger partial charge in [0.25, 0.3) is 0 Å². The Hall–Kier alpha value is -1.68. The first-order valence-electron chi connectivity index (χ1n) is 8.23. The lowest BCUT2D eigenvalue weighted by Crippen LogP contribution is -2.33. The fourth-order valence-electron chi connectivity index (χ4n) is 2.30. The molecule has 0 bridgehead atoms. The minimum atomic E-state index is -3.12. The molecular weight excluding hydrogens is 463 g/mol. The Bertz CT molecular complexity index is 768. The third-order valence-corrected chi connectivity index (χ3v) is 5.22. The van der Waals surface area contributed by atoms with Crippen LogP contribution in [0, 0.1) is 0 Å². The number of rotatable bonds is 9. The van der Waals surface area contributed by atoms with E-state index in [1.165, 1.54) is 0 Å². The second kappa shape index (κ2) is 11.8. The summed E-state index contributed by atoms with van der Waals surface area (Å²) in [5.41, 5.74) is 7.57. The second-order valence-corrected chi connectivity index (χ2v) is 7.88. The highest BCUT2D eigenvalue weighted by Gasteiger charge is 2.11. The standard InChI is InChI=1S/C18H24N4O2S.HI/c19-18(22-13-10-17-9-4-5-11-20-17)21-12-6-14-25(23,24)15-16-7-2-1-3-8-16;/h1-5,7-9,11H,6,10,12-15H2,(H3,19,21,22);1H. The molecule has 26 heavy (non-hydrogen) atoms. The van der Waals surface area contributed by atoms with Crippen LogP contribution in [0.2, 0.25) is 0 Å². The van der Waals surface area contributed by atoms with Gasteiger partial charge in [-0.2, -0.15) is 0 Å². The van der Waals surface area contributed by atoms with Crippen molar-refractivity contribution in [3.05, 3.63) is 66.0 Å². The molecule has 0 saturated heterocycles. The summed E-state index contributed by atoms with van der Waals surface area (Å²) < 4.78 is 24.1. The maximum atomic E-state index is 12.1. The lowest BCUT2D eigenvalue weighted by Gasteiger charge is -2.06. The Labute approximate surface area is 172 Å². The van der Waals surface area contributed by atoms with Gasteiger partial charge < -0.3 is 11.1 Å². The zero-order chi connectivity index (χ0) is 18.0. The third-order valence-electron chi connectivity index (χ3n) is 3.54. The fourth-order valence-corrected chi connectivity index (χ4v) is 3.72. The zero-order valence-electron chi connectivity index (χ0n) is 14.5. The maximum absolute atomic E-state index is 12.1. The van der Waals surface area contributed by atoms with E-state index in [1.54, 1.807) is 6.20 Å². The van der Waals surface area contributed by atoms with Crippen LogP contribution in [-0.4, -0.2) is 38.2 Å². The largest absolute Gasteiger partial charge is 0.370 e. The van der Waals surface area contributed by atoms with Crippen LogP contribution in [0.5, 0.6) is 0 Å². The van der Waals surface area contributed by atoms with Crippen LogP contribution in [-0.2, 0) is 22.0 Å². The molecule has 2 rings (SSSR count). The molecule has 2 aromatic rings. The first kappa shape index (κ1) is 22.4. The second-order valence-electron chi connectivity index (χ2n) is 5.70. The summed E-state index contributed by atoms with van der Waals surface area (Å²) in [6.45, 7) is 1.02. The van der Waals surface area contributed by atoms with E-state index in [1.807, 2.05) is 48.5 Å². The van der Waals surface area contributed by atoms with Gasteiger partial charge in [-0.25, -0.2) is 8.42 Å². The van der Waals surface area contributed by atoms with Gasteiger partial charge >= 0.3 is 0 Å². The minimum Gasteiger partial charge on any atom is -0.370 e. The van der Waals surface area contributed by atoms with Gasteiger partial charge in [0.05, 0.1) is 11.5 Å². The number of halogens is 1. The maximum Gasteiger partial charge on any atom is 0.188 e. The highest BCUT2D eigenvalue weighted by atomic mass is 127. The fraction of sp³-hybridized carbons (Fsp3) is 0.333. The molecule has 0 atom stereocenters. The van der Waals surface area contributed by atoms with Gasteiger partial charge in [0.15, 0.2) is 15.8 Å². The van der Waals surface area contributed by atoms with Gasteiger partial charge in [0.1, 0.15) is 0 Å². The van der Waals surface area contributed by atoms with Gasteiger partial charge in [0, 0.05) is 31.4 Å². The number of nitrogens with two attached hydrogens (primary N) is 1. The molecule has 3 N–H and O–H groups in total. The van der Waals surface area contributed by atoms with E-state index < -0.39 is 9.84 Å². The molecule has 0 amide bonds. The molecule has 1 aromatic carbocycles. The highest BCUT2D eigenvalue weighted by molar-refractivity contribution is 14.0. The Morgan fingerprint density at radius 3 is 2.54 bits per heavy atom. The van der Waals surface area contributed by atoms with E-state index in [0.29, 0.717) is 25.5 Å². The highest BCUT2D eigenvalue weighted by Crippen LogP contribution is 2.07. The predicted octanol–water partition coefficient (Wildman–Crippen LogP) is 2.15. The summed E-state index contributed by atoms with van der Waals surface area (Å²) in [6, 6.07) is 15.0. The molecule has 0 aliphatic rings. The van der Waals surface area contributed by atoms with Crippen LogP contribution < -0.4 is 11.1 Å². The topological polar surface area (TPSA) is 97.4 Å². The number of hydrogen-bond donors (Lipinski definition) is 2. The Morgan fingerprint density at radius 1 is 1.12 bits per heavy atom. The molecule has 0 radical (unpaired) electrons. The number of guanidine groups is 1. The van der Waals surface area contributed by atoms with Crippen LogP contribution in [0.4, 0.5) is 0 Å². The van der Waals surface area contributed by atoms with E-state index >= 15 is 0 Å². The van der Waals surface area contributed by atoms with Gasteiger partial charge in [0.2, 0.25) is 0 Å². The van der Waals surface area contributed by atoms with Crippen molar-refractivity contribution in [2.45, 2.75) is 18.6 Å². The Kier molecular flexibility index (Phi) is 10.2. The molecule has 0 saturated carbocycles. The summed E-state index contributed by atoms with van der Waals surface area (Å²) in [6.07, 6.45) is 2.96. The summed E-state index contributed by atoms with van der Waals surface area (Å²) in [4.78, 5) is 8.39. The third kappa shape index (κ3) is 9.14. The number of aliphatic imine (C=N–C) groups is 1. The van der Waals surface area contributed by atoms with Gasteiger partial charge in [-0.1, -0.05) is 36.4 Å². The number of sulfone groups is 1. The average molecular weight is 488 g/mol. The van der Waals surface area contributed by atoms with Gasteiger partial charge in [-0.05, 0) is 24.1 Å². The molecular formula is C18H25IN4O2S. The minimum absolute atomic E-state index is 0. The molecule has 6 nitrogen and oxygen atoms in total. The van der Waals surface area contributed by atoms with E-state index in [-0.39, 0.29) is 35.5 Å². The number of nitrogens with one attached hydrogen (secondary N) is 1. The van der Waals surface area contributed by atoms with Crippen LogP contribution in [0.1, 0.15) is 17.7 Å². The van der Waals surface area contributed by atoms with E-state index in [2.05, 4.69) is 15.3 Å². The van der Waals surface area contributed by atoms with Crippen LogP contribution >= 0.6 is 24.0 Å². The van der Waals surface area contributed by atoms with E-state index in [0.717, 1.165) is 17.7 Å². The van der Waals surface area contributed by atoms with Crippen molar-refractivity contribution in [3.63, 3.8) is 0 Å². The van der Waals surface area contributed by atoms with Crippen molar-refractivity contribution in [1.82, 2.24) is 10.3 Å². The molecule has 0 aliphatic carbocycles. The normalized spacial score (nSPS) is 11.6. The van der Waals surface area contributed by atoms with Crippen molar-refractivity contribution in [2.24, 2.45) is 10.7 Å². The molecule has 0 fully saturated rings. The van der Waals surface area contributed by atoms with Crippen molar-refractivity contribution in [2.75, 3.05) is 18.8 Å². The van der Waals surface area contributed by atoms with Crippen molar-refractivity contribution < 1.29 is 8.42 Å². The summed E-state index contributed by atoms with van der Waals surface area (Å²) >= 11 is 0. The zero-order valence-corrected chi connectivity index (χ0v) is 17.7. The summed E-state index contributed by atoms with van der Waals surface area (Å²) in [5.74, 6) is 0.499. The number of benzene rings is 1. The molecule has 1 heterocycles. The molecule has 0 unspecified atom stereocenters. The molecule has 0 aliphatic heterocycles. The van der Waals surface area contributed by atoms with Gasteiger partial charge in [-0.3, -0.25) is 9.98 Å². The predicted molar refractivity (Wildman–Crippen MR) is 116 cm³/mol. The lowest BCUT2D eigenvalue weighted by molar-refractivity contribution is 0.593. The number of aromatic nitrogens is 1. The van der Waals surface area contributed by atoms with Crippen LogP contribution in [0.3, 0.4) is 0 Å². The quantitative estimate of drug-likeness (QED) is 0.244. The molecule has 1 aromatic heterocycles. The molecule has 142 valence electrons. The number of hydrogen-bond acceptors (Lipinski definition) is 4. The lowest BCUT2D eigenvalue weighted by atomic mass is 10.2. The van der Waals surface area contributed by atoms with Crippen molar-refractivity contribution in [1.29, 1.82) is 0 Å². The first-order valence-corrected chi connectivity index (χ1v) is 10.1. The van der Waals surface area contributed by atoms with E-state index in [4.69, 9.17) is 5.73 Å². The van der Waals surface area contributed by atoms with Gasteiger partial charge in [-0.15, -0.1) is 24.0 Å². The van der Waals surface area contributed by atoms with Crippen molar-refractivity contribution >= 4 is 39.8 Å². The smallest absolute Gasteiger partial charge is 0.188 e. The average Bonchev–Trinajstić information content (AvgIpc) is 2.60. The van der Waals surface area contributed by atoms with Crippen LogP contribution in [0.25, 0.3) is 0 Å². The summed E-state index contributed by atoms with van der Waals surface area (Å²) in [7, 11) is -3.12. The SMILES string of the molecule is I.NC(=NCCCS(=O)(=O)Cc1ccccc1)NCCc1ccccn1. The number of pyridine rings is 1. The van der Waals surface area contributed by atoms with E-state index in [9.17, 15) is 8.42 Å². The first-order chi connectivity index (χ1) is 12.1. The Morgan fingerprint density at radius 2 is 1.85 bits per heavy atom. The van der Waals surface area contributed by atoms with Crippen LogP contribution in [0.15, 0.2) is 59.7 Å². The monoisotopic (exact) mass is 488 g/mol. The van der Waals surface area contributed by atoms with Crippen molar-refractivity contribution in [3.8, 4) is 0 Å². The summed E-state index contributed by atoms with van der Waals surface area (Å²) in [5, 5.41) is 3.01. The number of nitrogens with zero attached hydrogens (tertiary/aromatic N) is 2.